The van der Waals surface area contributed by atoms with Gasteiger partial charge in [-0.2, -0.15) is 0 Å². The monoisotopic (exact) mass is 237 g/mol. The molecule has 1 aromatic carbocycles. The molecule has 17 heavy (non-hydrogen) atoms. The van der Waals surface area contributed by atoms with Crippen molar-refractivity contribution in [1.82, 2.24) is 5.32 Å². The fourth-order valence-electron chi connectivity index (χ4n) is 1.34. The Morgan fingerprint density at radius 3 is 2.71 bits per heavy atom. The molecule has 0 aliphatic heterocycles. The van der Waals surface area contributed by atoms with Gasteiger partial charge in [-0.1, -0.05) is 37.3 Å². The molecular formula is C13H19NO3. The van der Waals surface area contributed by atoms with Crippen LogP contribution in [-0.2, 0) is 11.3 Å². The molecule has 0 fully saturated rings. The van der Waals surface area contributed by atoms with E-state index in [-0.39, 0.29) is 19.1 Å². The van der Waals surface area contributed by atoms with E-state index in [1.165, 1.54) is 0 Å². The first-order valence-electron chi connectivity index (χ1n) is 5.81. The standard InChI is InChI=1S/C13H19NO3/c1-2-11(9-15)8-14-13(16)17-10-12-6-4-3-5-7-12/h3-7,11,15H,2,8-10H2,1H3,(H,14,16). The van der Waals surface area contributed by atoms with Crippen molar-refractivity contribution >= 4 is 6.09 Å². The average Bonchev–Trinajstić information content (AvgIpc) is 2.39. The highest BCUT2D eigenvalue weighted by atomic mass is 16.5. The van der Waals surface area contributed by atoms with Crippen molar-refractivity contribution in [1.29, 1.82) is 0 Å². The summed E-state index contributed by atoms with van der Waals surface area (Å²) in [6.07, 6.45) is 0.385. The predicted octanol–water partition coefficient (Wildman–Crippen LogP) is 1.93. The molecule has 1 unspecified atom stereocenters. The van der Waals surface area contributed by atoms with E-state index >= 15 is 0 Å². The molecule has 0 bridgehead atoms. The first kappa shape index (κ1) is 13.5. The van der Waals surface area contributed by atoms with Crippen LogP contribution in [0.1, 0.15) is 18.9 Å². The Labute approximate surface area is 102 Å². The first-order chi connectivity index (χ1) is 8.26. The van der Waals surface area contributed by atoms with E-state index < -0.39 is 6.09 Å². The summed E-state index contributed by atoms with van der Waals surface area (Å²) in [7, 11) is 0. The number of rotatable bonds is 6. The Bertz CT molecular complexity index is 323. The highest BCUT2D eigenvalue weighted by Crippen LogP contribution is 2.01. The van der Waals surface area contributed by atoms with Crippen LogP contribution in [0.4, 0.5) is 4.79 Å². The molecule has 1 amide bonds. The quantitative estimate of drug-likeness (QED) is 0.794. The largest absolute Gasteiger partial charge is 0.445 e. The van der Waals surface area contributed by atoms with Crippen LogP contribution in [0, 0.1) is 5.92 Å². The second-order valence-corrected chi connectivity index (χ2v) is 3.90. The molecule has 4 nitrogen and oxygen atoms in total. The van der Waals surface area contributed by atoms with Crippen LogP contribution in [0.5, 0.6) is 0 Å². The fraction of sp³-hybridized carbons (Fsp3) is 0.462. The predicted molar refractivity (Wildman–Crippen MR) is 65.5 cm³/mol. The number of aliphatic hydroxyl groups excluding tert-OH is 1. The van der Waals surface area contributed by atoms with E-state index in [2.05, 4.69) is 5.32 Å². The molecule has 0 aliphatic carbocycles. The van der Waals surface area contributed by atoms with Gasteiger partial charge in [0.05, 0.1) is 0 Å². The summed E-state index contributed by atoms with van der Waals surface area (Å²) in [6, 6.07) is 9.51. The second kappa shape index (κ2) is 7.68. The summed E-state index contributed by atoms with van der Waals surface area (Å²) >= 11 is 0. The minimum absolute atomic E-state index is 0.0788. The molecule has 0 saturated heterocycles. The molecule has 0 heterocycles. The van der Waals surface area contributed by atoms with Gasteiger partial charge in [0.1, 0.15) is 6.61 Å². The number of hydrogen-bond donors (Lipinski definition) is 2. The lowest BCUT2D eigenvalue weighted by molar-refractivity contribution is 0.135. The number of ether oxygens (including phenoxy) is 1. The highest BCUT2D eigenvalue weighted by molar-refractivity contribution is 5.67. The van der Waals surface area contributed by atoms with E-state index in [9.17, 15) is 4.79 Å². The fourth-order valence-corrected chi connectivity index (χ4v) is 1.34. The average molecular weight is 237 g/mol. The van der Waals surface area contributed by atoms with Gasteiger partial charge in [-0.05, 0) is 17.9 Å². The van der Waals surface area contributed by atoms with Gasteiger partial charge in [-0.25, -0.2) is 4.79 Å². The van der Waals surface area contributed by atoms with Gasteiger partial charge in [0.2, 0.25) is 0 Å². The highest BCUT2D eigenvalue weighted by Gasteiger charge is 2.07. The molecular weight excluding hydrogens is 218 g/mol. The number of alkyl carbamates (subject to hydrolysis) is 1. The maximum Gasteiger partial charge on any atom is 0.407 e. The molecule has 0 radical (unpaired) electrons. The molecule has 1 aromatic rings. The molecule has 1 rings (SSSR count). The van der Waals surface area contributed by atoms with Crippen LogP contribution in [0.2, 0.25) is 0 Å². The number of amides is 1. The topological polar surface area (TPSA) is 58.6 Å². The molecule has 0 aromatic heterocycles. The summed E-state index contributed by atoms with van der Waals surface area (Å²) < 4.78 is 5.04. The molecule has 2 N–H and O–H groups in total. The van der Waals surface area contributed by atoms with E-state index in [0.29, 0.717) is 6.54 Å². The van der Waals surface area contributed by atoms with Crippen molar-refractivity contribution in [2.75, 3.05) is 13.2 Å². The molecule has 1 atom stereocenters. The summed E-state index contributed by atoms with van der Waals surface area (Å²) in [6.45, 7) is 2.76. The van der Waals surface area contributed by atoms with E-state index in [1.54, 1.807) is 0 Å². The van der Waals surface area contributed by atoms with Gasteiger partial charge in [0.15, 0.2) is 0 Å². The lowest BCUT2D eigenvalue weighted by atomic mass is 10.1. The van der Waals surface area contributed by atoms with Crippen LogP contribution in [-0.4, -0.2) is 24.4 Å². The zero-order chi connectivity index (χ0) is 12.5. The minimum Gasteiger partial charge on any atom is -0.445 e. The SMILES string of the molecule is CCC(CO)CNC(=O)OCc1ccccc1. The maximum absolute atomic E-state index is 11.3. The zero-order valence-corrected chi connectivity index (χ0v) is 10.1. The van der Waals surface area contributed by atoms with Crippen molar-refractivity contribution in [2.45, 2.75) is 20.0 Å². The summed E-state index contributed by atoms with van der Waals surface area (Å²) in [5.41, 5.74) is 0.955. The number of carbonyl (C=O) groups excluding carboxylic acids is 1. The number of aliphatic hydroxyl groups is 1. The van der Waals surface area contributed by atoms with Crippen LogP contribution in [0.15, 0.2) is 30.3 Å². The molecule has 0 spiro atoms. The third-order valence-electron chi connectivity index (χ3n) is 2.58. The van der Waals surface area contributed by atoms with Gasteiger partial charge in [0, 0.05) is 13.2 Å². The van der Waals surface area contributed by atoms with E-state index in [1.807, 2.05) is 37.3 Å². The van der Waals surface area contributed by atoms with E-state index in [4.69, 9.17) is 9.84 Å². The smallest absolute Gasteiger partial charge is 0.407 e. The maximum atomic E-state index is 11.3. The number of benzene rings is 1. The number of carbonyl (C=O) groups is 1. The van der Waals surface area contributed by atoms with Crippen molar-refractivity contribution in [3.63, 3.8) is 0 Å². The first-order valence-corrected chi connectivity index (χ1v) is 5.81. The third-order valence-corrected chi connectivity index (χ3v) is 2.58. The van der Waals surface area contributed by atoms with Gasteiger partial charge in [-0.15, -0.1) is 0 Å². The number of hydrogen-bond acceptors (Lipinski definition) is 3. The number of nitrogens with one attached hydrogen (secondary N) is 1. The van der Waals surface area contributed by atoms with Gasteiger partial charge in [0.25, 0.3) is 0 Å². The van der Waals surface area contributed by atoms with Crippen LogP contribution in [0.25, 0.3) is 0 Å². The normalized spacial score (nSPS) is 11.9. The van der Waals surface area contributed by atoms with Crippen molar-refractivity contribution in [2.24, 2.45) is 5.92 Å². The third kappa shape index (κ3) is 5.36. The molecule has 0 saturated carbocycles. The Morgan fingerprint density at radius 1 is 1.41 bits per heavy atom. The van der Waals surface area contributed by atoms with Crippen molar-refractivity contribution in [3.05, 3.63) is 35.9 Å². The minimum atomic E-state index is -0.444. The Kier molecular flexibility index (Phi) is 6.10. The summed E-state index contributed by atoms with van der Waals surface area (Å²) in [5.74, 6) is 0.0966. The zero-order valence-electron chi connectivity index (χ0n) is 10.1. The van der Waals surface area contributed by atoms with E-state index in [0.717, 1.165) is 12.0 Å². The molecule has 4 heteroatoms. The van der Waals surface area contributed by atoms with Crippen LogP contribution >= 0.6 is 0 Å². The van der Waals surface area contributed by atoms with Gasteiger partial charge >= 0.3 is 6.09 Å². The Balaban J connectivity index is 2.22. The van der Waals surface area contributed by atoms with Crippen LogP contribution in [0.3, 0.4) is 0 Å². The Hall–Kier alpha value is -1.55. The van der Waals surface area contributed by atoms with Gasteiger partial charge in [-0.3, -0.25) is 0 Å². The molecule has 94 valence electrons. The molecule has 0 aliphatic rings. The van der Waals surface area contributed by atoms with Crippen LogP contribution < -0.4 is 5.32 Å². The summed E-state index contributed by atoms with van der Waals surface area (Å²) in [5, 5.41) is 11.6. The van der Waals surface area contributed by atoms with Crippen molar-refractivity contribution in [3.8, 4) is 0 Å². The van der Waals surface area contributed by atoms with Gasteiger partial charge < -0.3 is 15.2 Å². The second-order valence-electron chi connectivity index (χ2n) is 3.90. The summed E-state index contributed by atoms with van der Waals surface area (Å²) in [4.78, 5) is 11.3. The van der Waals surface area contributed by atoms with Crippen molar-refractivity contribution < 1.29 is 14.6 Å². The lowest BCUT2D eigenvalue weighted by Gasteiger charge is -2.12. The lowest BCUT2D eigenvalue weighted by Crippen LogP contribution is -2.30. The Morgan fingerprint density at radius 2 is 2.12 bits per heavy atom.